The molecule has 6 nitrogen and oxygen atoms in total. The van der Waals surface area contributed by atoms with Gasteiger partial charge in [0.2, 0.25) is 5.71 Å². The average Bonchev–Trinajstić information content (AvgIpc) is 3.82. The molecule has 45 heavy (non-hydrogen) atoms. The van der Waals surface area contributed by atoms with Crippen LogP contribution in [0, 0.1) is 11.7 Å². The minimum Gasteiger partial charge on any atom is -0.437 e. The van der Waals surface area contributed by atoms with E-state index in [-0.39, 0.29) is 40.1 Å². The van der Waals surface area contributed by atoms with Gasteiger partial charge in [0, 0.05) is 30.2 Å². The molecule has 0 bridgehead atoms. The Kier molecular flexibility index (Phi) is 8.14. The first kappa shape index (κ1) is 30.1. The van der Waals surface area contributed by atoms with Crippen molar-refractivity contribution in [2.75, 3.05) is 7.05 Å². The van der Waals surface area contributed by atoms with Gasteiger partial charge in [0.05, 0.1) is 22.7 Å². The van der Waals surface area contributed by atoms with Crippen LogP contribution in [-0.2, 0) is 6.42 Å². The second-order valence-electron chi connectivity index (χ2n) is 11.1. The smallest absolute Gasteiger partial charge is 0.389 e. The lowest BCUT2D eigenvalue weighted by molar-refractivity contribution is -0.134. The minimum atomic E-state index is -4.44. The molecule has 2 N–H and O–H groups in total. The van der Waals surface area contributed by atoms with Crippen molar-refractivity contribution in [3.8, 4) is 22.5 Å². The monoisotopic (exact) mass is 615 g/mol. The van der Waals surface area contributed by atoms with Crippen molar-refractivity contribution in [1.82, 2.24) is 15.6 Å². The number of rotatable bonds is 9. The van der Waals surface area contributed by atoms with E-state index in [0.717, 1.165) is 18.4 Å². The van der Waals surface area contributed by atoms with E-state index >= 15 is 0 Å². The number of fused-ring (bicyclic) bond motifs is 1. The van der Waals surface area contributed by atoms with E-state index in [0.29, 0.717) is 28.2 Å². The van der Waals surface area contributed by atoms with Gasteiger partial charge in [-0.1, -0.05) is 42.5 Å². The van der Waals surface area contributed by atoms with E-state index < -0.39 is 30.7 Å². The third-order valence-corrected chi connectivity index (χ3v) is 7.94. The molecule has 2 heterocycles. The van der Waals surface area contributed by atoms with Crippen LogP contribution in [0.25, 0.3) is 33.6 Å². The highest BCUT2D eigenvalue weighted by Gasteiger charge is 2.34. The molecule has 0 aliphatic heterocycles. The number of amides is 2. The van der Waals surface area contributed by atoms with E-state index in [1.807, 2.05) is 30.3 Å². The summed E-state index contributed by atoms with van der Waals surface area (Å²) in [4.78, 5) is 31.1. The maximum Gasteiger partial charge on any atom is 0.389 e. The standard InChI is InChI=1S/C35H29F4N3O3/c1-40-33(44)29-27-19-26(28(16-17-35(37,38)39)41-34(27)45-31(29)22-12-14-25(36)15-13-22)23-8-5-9-24(18-23)32(43)42-30(21-10-11-21)20-6-3-2-4-7-20/h2-9,12-15,18-19,21,30H,10-11,16-17H2,1H3,(H,40,44)(H,42,43). The minimum absolute atomic E-state index is 0.0297. The summed E-state index contributed by atoms with van der Waals surface area (Å²) >= 11 is 0. The number of hydrogen-bond acceptors (Lipinski definition) is 4. The van der Waals surface area contributed by atoms with Crippen LogP contribution in [0.2, 0.25) is 0 Å². The Morgan fingerprint density at radius 2 is 1.67 bits per heavy atom. The Labute approximate surface area is 256 Å². The van der Waals surface area contributed by atoms with Gasteiger partial charge in [0.15, 0.2) is 0 Å². The molecule has 0 saturated heterocycles. The molecule has 6 rings (SSSR count). The van der Waals surface area contributed by atoms with E-state index in [1.54, 1.807) is 30.3 Å². The Morgan fingerprint density at radius 1 is 0.933 bits per heavy atom. The van der Waals surface area contributed by atoms with Gasteiger partial charge >= 0.3 is 6.18 Å². The number of nitrogens with one attached hydrogen (secondary N) is 2. The van der Waals surface area contributed by atoms with Gasteiger partial charge in [-0.3, -0.25) is 9.59 Å². The summed E-state index contributed by atoms with van der Waals surface area (Å²) in [7, 11) is 1.44. The molecule has 1 unspecified atom stereocenters. The summed E-state index contributed by atoms with van der Waals surface area (Å²) in [5.41, 5.74) is 2.71. The number of alkyl halides is 3. The molecule has 0 spiro atoms. The number of aromatic nitrogens is 1. The molecule has 1 aliphatic carbocycles. The zero-order chi connectivity index (χ0) is 31.7. The van der Waals surface area contributed by atoms with Crippen molar-refractivity contribution < 1.29 is 31.6 Å². The SMILES string of the molecule is CNC(=O)c1c(-c2ccc(F)cc2)oc2nc(CCC(F)(F)F)c(-c3cccc(C(=O)NC(c4ccccc4)C4CC4)c3)cc12. The van der Waals surface area contributed by atoms with Crippen LogP contribution in [0.15, 0.2) is 89.3 Å². The van der Waals surface area contributed by atoms with Crippen LogP contribution >= 0.6 is 0 Å². The number of carbonyl (C=O) groups is 2. The average molecular weight is 616 g/mol. The molecule has 3 aromatic carbocycles. The van der Waals surface area contributed by atoms with Crippen molar-refractivity contribution >= 4 is 22.9 Å². The zero-order valence-electron chi connectivity index (χ0n) is 24.2. The molecule has 5 aromatic rings. The Bertz CT molecular complexity index is 1860. The van der Waals surface area contributed by atoms with Gasteiger partial charge in [-0.2, -0.15) is 13.2 Å². The molecular weight excluding hydrogens is 586 g/mol. The second-order valence-corrected chi connectivity index (χ2v) is 11.1. The van der Waals surface area contributed by atoms with Crippen molar-refractivity contribution in [3.63, 3.8) is 0 Å². The molecule has 0 radical (unpaired) electrons. The highest BCUT2D eigenvalue weighted by molar-refractivity contribution is 6.11. The number of pyridine rings is 1. The molecule has 1 atom stereocenters. The molecule has 1 aliphatic rings. The lowest BCUT2D eigenvalue weighted by Crippen LogP contribution is -2.29. The summed E-state index contributed by atoms with van der Waals surface area (Å²) in [5.74, 6) is -0.863. The Balaban J connectivity index is 1.44. The summed E-state index contributed by atoms with van der Waals surface area (Å²) < 4.78 is 59.7. The topological polar surface area (TPSA) is 84.2 Å². The number of benzene rings is 3. The molecule has 1 fully saturated rings. The highest BCUT2D eigenvalue weighted by Crippen LogP contribution is 2.41. The first-order chi connectivity index (χ1) is 21.6. The third kappa shape index (κ3) is 6.60. The van der Waals surface area contributed by atoms with Crippen molar-refractivity contribution in [2.24, 2.45) is 5.92 Å². The number of aryl methyl sites for hydroxylation is 1. The van der Waals surface area contributed by atoms with Crippen molar-refractivity contribution in [1.29, 1.82) is 0 Å². The van der Waals surface area contributed by atoms with Crippen molar-refractivity contribution in [3.05, 3.63) is 113 Å². The second kappa shape index (κ2) is 12.2. The van der Waals surface area contributed by atoms with Gasteiger partial charge in [0.1, 0.15) is 11.6 Å². The van der Waals surface area contributed by atoms with Gasteiger partial charge < -0.3 is 15.1 Å². The highest BCUT2D eigenvalue weighted by atomic mass is 19.4. The predicted molar refractivity (Wildman–Crippen MR) is 162 cm³/mol. The largest absolute Gasteiger partial charge is 0.437 e. The van der Waals surface area contributed by atoms with Crippen LogP contribution in [0.1, 0.15) is 57.3 Å². The molecular formula is C35H29F4N3O3. The molecule has 2 amide bonds. The maximum atomic E-state index is 13.7. The van der Waals surface area contributed by atoms with Gasteiger partial charge in [-0.15, -0.1) is 0 Å². The number of furan rings is 1. The Hall–Kier alpha value is -4.99. The van der Waals surface area contributed by atoms with Gasteiger partial charge in [0.25, 0.3) is 11.8 Å². The first-order valence-corrected chi connectivity index (χ1v) is 14.6. The van der Waals surface area contributed by atoms with Crippen LogP contribution < -0.4 is 10.6 Å². The van der Waals surface area contributed by atoms with E-state index in [2.05, 4.69) is 15.6 Å². The summed E-state index contributed by atoms with van der Waals surface area (Å²) in [6, 6.07) is 23.1. The lowest BCUT2D eigenvalue weighted by Gasteiger charge is -2.19. The fraction of sp³-hybridized carbons (Fsp3) is 0.229. The molecule has 10 heteroatoms. The molecule has 230 valence electrons. The maximum absolute atomic E-state index is 13.7. The van der Waals surface area contributed by atoms with Crippen molar-refractivity contribution in [2.45, 2.75) is 37.9 Å². The normalized spacial score (nSPS) is 13.9. The fourth-order valence-electron chi connectivity index (χ4n) is 5.53. The summed E-state index contributed by atoms with van der Waals surface area (Å²) in [6.07, 6.45) is -4.02. The fourth-order valence-corrected chi connectivity index (χ4v) is 5.53. The lowest BCUT2D eigenvalue weighted by atomic mass is 9.96. The number of halogens is 4. The first-order valence-electron chi connectivity index (χ1n) is 14.6. The quantitative estimate of drug-likeness (QED) is 0.165. The predicted octanol–water partition coefficient (Wildman–Crippen LogP) is 8.04. The van der Waals surface area contributed by atoms with Gasteiger partial charge in [-0.25, -0.2) is 9.37 Å². The third-order valence-electron chi connectivity index (χ3n) is 7.94. The van der Waals surface area contributed by atoms with Gasteiger partial charge in [-0.05, 0) is 78.8 Å². The summed E-state index contributed by atoms with van der Waals surface area (Å²) in [6.45, 7) is 0. The van der Waals surface area contributed by atoms with Crippen LogP contribution in [0.4, 0.5) is 17.6 Å². The number of nitrogens with zero attached hydrogens (tertiary/aromatic N) is 1. The van der Waals surface area contributed by atoms with Crippen LogP contribution in [0.5, 0.6) is 0 Å². The van der Waals surface area contributed by atoms with E-state index in [1.165, 1.54) is 31.3 Å². The van der Waals surface area contributed by atoms with E-state index in [4.69, 9.17) is 4.42 Å². The van der Waals surface area contributed by atoms with Crippen LogP contribution in [0.3, 0.4) is 0 Å². The van der Waals surface area contributed by atoms with E-state index in [9.17, 15) is 27.2 Å². The Morgan fingerprint density at radius 3 is 2.33 bits per heavy atom. The number of hydrogen-bond donors (Lipinski definition) is 2. The zero-order valence-corrected chi connectivity index (χ0v) is 24.2. The molecule has 1 saturated carbocycles. The van der Waals surface area contributed by atoms with Crippen LogP contribution in [-0.4, -0.2) is 30.0 Å². The molecule has 2 aromatic heterocycles. The number of carbonyl (C=O) groups excluding carboxylic acids is 2. The summed E-state index contributed by atoms with van der Waals surface area (Å²) in [5, 5.41) is 5.98.